The predicted molar refractivity (Wildman–Crippen MR) is 133 cm³/mol. The second-order valence-electron chi connectivity index (χ2n) is 10.2. The monoisotopic (exact) mass is 516 g/mol. The number of benzene rings is 1. The number of nitrogens with zero attached hydrogens (tertiary/aromatic N) is 4. The van der Waals surface area contributed by atoms with Gasteiger partial charge in [0.15, 0.2) is 5.58 Å². The molecule has 0 N–H and O–H groups in total. The molecule has 0 aliphatic carbocycles. The average molecular weight is 517 g/mol. The smallest absolute Gasteiger partial charge is 0.408 e. The van der Waals surface area contributed by atoms with Crippen molar-refractivity contribution in [2.24, 2.45) is 12.5 Å². The van der Waals surface area contributed by atoms with Crippen LogP contribution in [0.5, 0.6) is 0 Å². The minimum atomic E-state index is -4.42. The second-order valence-corrected chi connectivity index (χ2v) is 10.2. The van der Waals surface area contributed by atoms with E-state index in [1.165, 1.54) is 10.6 Å². The number of fused-ring (bicyclic) bond motifs is 2. The van der Waals surface area contributed by atoms with Gasteiger partial charge in [0.25, 0.3) is 0 Å². The van der Waals surface area contributed by atoms with Crippen molar-refractivity contribution in [1.29, 1.82) is 0 Å². The Morgan fingerprint density at radius 3 is 2.81 bits per heavy atom. The molecule has 5 rings (SSSR count). The maximum atomic E-state index is 13.3. The van der Waals surface area contributed by atoms with Crippen molar-refractivity contribution >= 4 is 11.1 Å². The normalized spacial score (nSPS) is 21.4. The Bertz CT molecular complexity index is 1400. The molecule has 2 atom stereocenters. The largest absolute Gasteiger partial charge is 0.419 e. The third kappa shape index (κ3) is 4.57. The number of methoxy groups -OCH3 is 1. The van der Waals surface area contributed by atoms with Gasteiger partial charge in [0, 0.05) is 69.3 Å². The van der Waals surface area contributed by atoms with Crippen molar-refractivity contribution in [3.8, 4) is 0 Å². The molecule has 2 unspecified atom stereocenters. The Hall–Kier alpha value is -3.11. The van der Waals surface area contributed by atoms with Crippen molar-refractivity contribution in [2.75, 3.05) is 33.4 Å². The lowest BCUT2D eigenvalue weighted by Gasteiger charge is -2.41. The maximum Gasteiger partial charge on any atom is 0.419 e. The lowest BCUT2D eigenvalue weighted by atomic mass is 9.83. The van der Waals surface area contributed by atoms with Crippen LogP contribution >= 0.6 is 0 Å². The summed E-state index contributed by atoms with van der Waals surface area (Å²) in [7, 11) is 3.36. The van der Waals surface area contributed by atoms with Crippen LogP contribution in [0.2, 0.25) is 0 Å². The number of aromatic nitrogens is 2. The quantitative estimate of drug-likeness (QED) is 0.480. The highest BCUT2D eigenvalue weighted by Crippen LogP contribution is 2.43. The summed E-state index contributed by atoms with van der Waals surface area (Å²) in [6.45, 7) is 9.55. The standard InChI is InChI=1S/C27H31F3N4O3/c1-17(19-5-6-24-23(12-19)32(3)25(35)37-24)34-10-8-26(15-34,16-36-4)18(2)33-9-7-22-20(14-33)11-21(13-31-22)27(28,29)30/h5-6,11-13,17H,2,7-10,14-16H2,1,3-4H3. The minimum absolute atomic E-state index is 0.0709. The Labute approximate surface area is 213 Å². The van der Waals surface area contributed by atoms with Gasteiger partial charge in [0.05, 0.1) is 17.7 Å². The molecule has 3 aromatic rings. The summed E-state index contributed by atoms with van der Waals surface area (Å²) >= 11 is 0. The Morgan fingerprint density at radius 2 is 2.08 bits per heavy atom. The van der Waals surface area contributed by atoms with Gasteiger partial charge in [-0.15, -0.1) is 0 Å². The third-order valence-corrected chi connectivity index (χ3v) is 8.01. The van der Waals surface area contributed by atoms with E-state index in [0.29, 0.717) is 49.5 Å². The molecule has 1 saturated heterocycles. The molecular weight excluding hydrogens is 485 g/mol. The topological polar surface area (TPSA) is 63.7 Å². The molecule has 7 nitrogen and oxygen atoms in total. The molecule has 1 fully saturated rings. The summed E-state index contributed by atoms with van der Waals surface area (Å²) in [4.78, 5) is 20.4. The van der Waals surface area contributed by atoms with Crippen LogP contribution in [0.4, 0.5) is 13.2 Å². The molecule has 4 heterocycles. The van der Waals surface area contributed by atoms with E-state index in [2.05, 4.69) is 28.3 Å². The number of hydrogen-bond acceptors (Lipinski definition) is 6. The van der Waals surface area contributed by atoms with Crippen LogP contribution in [0.3, 0.4) is 0 Å². The van der Waals surface area contributed by atoms with Gasteiger partial charge in [-0.25, -0.2) is 4.79 Å². The van der Waals surface area contributed by atoms with Crippen LogP contribution in [0, 0.1) is 5.41 Å². The van der Waals surface area contributed by atoms with Crippen molar-refractivity contribution in [3.63, 3.8) is 0 Å². The first kappa shape index (κ1) is 25.5. The number of alkyl halides is 3. The lowest BCUT2D eigenvalue weighted by molar-refractivity contribution is -0.137. The van der Waals surface area contributed by atoms with Crippen LogP contribution in [-0.2, 0) is 30.9 Å². The fraction of sp³-hybridized carbons (Fsp3) is 0.481. The van der Waals surface area contributed by atoms with Gasteiger partial charge in [-0.1, -0.05) is 12.6 Å². The molecule has 198 valence electrons. The van der Waals surface area contributed by atoms with E-state index < -0.39 is 17.5 Å². The van der Waals surface area contributed by atoms with Crippen molar-refractivity contribution in [3.05, 3.63) is 75.7 Å². The summed E-state index contributed by atoms with van der Waals surface area (Å²) in [6, 6.07) is 7.08. The predicted octanol–water partition coefficient (Wildman–Crippen LogP) is 4.52. The van der Waals surface area contributed by atoms with Crippen molar-refractivity contribution in [2.45, 2.75) is 38.5 Å². The summed E-state index contributed by atoms with van der Waals surface area (Å²) in [5.74, 6) is -0.392. The molecule has 0 spiro atoms. The fourth-order valence-corrected chi connectivity index (χ4v) is 5.71. The van der Waals surface area contributed by atoms with Crippen LogP contribution < -0.4 is 5.76 Å². The number of hydrogen-bond donors (Lipinski definition) is 0. The van der Waals surface area contributed by atoms with Crippen LogP contribution in [0.25, 0.3) is 11.1 Å². The van der Waals surface area contributed by atoms with E-state index in [9.17, 15) is 18.0 Å². The minimum Gasteiger partial charge on any atom is -0.408 e. The zero-order valence-electron chi connectivity index (χ0n) is 21.3. The third-order valence-electron chi connectivity index (χ3n) is 8.01. The zero-order valence-corrected chi connectivity index (χ0v) is 21.3. The average Bonchev–Trinajstić information content (AvgIpc) is 3.43. The van der Waals surface area contributed by atoms with E-state index >= 15 is 0 Å². The molecule has 0 radical (unpaired) electrons. The molecule has 10 heteroatoms. The maximum absolute atomic E-state index is 13.3. The number of aryl methyl sites for hydroxylation is 1. The number of pyridine rings is 1. The molecular formula is C27H31F3N4O3. The molecule has 0 saturated carbocycles. The molecule has 37 heavy (non-hydrogen) atoms. The van der Waals surface area contributed by atoms with Gasteiger partial charge < -0.3 is 14.1 Å². The Balaban J connectivity index is 1.36. The molecule has 2 aliphatic heterocycles. The molecule has 2 aromatic heterocycles. The van der Waals surface area contributed by atoms with Gasteiger partial charge in [0.1, 0.15) is 0 Å². The number of halogens is 3. The van der Waals surface area contributed by atoms with E-state index in [-0.39, 0.29) is 11.5 Å². The van der Waals surface area contributed by atoms with Gasteiger partial charge in [-0.2, -0.15) is 13.2 Å². The highest BCUT2D eigenvalue weighted by Gasteiger charge is 2.44. The zero-order chi connectivity index (χ0) is 26.5. The summed E-state index contributed by atoms with van der Waals surface area (Å²) in [5, 5.41) is 0. The van der Waals surface area contributed by atoms with Gasteiger partial charge in [0.2, 0.25) is 0 Å². The second kappa shape index (κ2) is 9.33. The number of ether oxygens (including phenoxy) is 1. The number of likely N-dealkylation sites (tertiary alicyclic amines) is 1. The molecule has 2 aliphatic rings. The summed E-state index contributed by atoms with van der Waals surface area (Å²) in [5.41, 5.74) is 3.49. The highest BCUT2D eigenvalue weighted by molar-refractivity contribution is 5.73. The summed E-state index contributed by atoms with van der Waals surface area (Å²) < 4.78 is 52.2. The fourth-order valence-electron chi connectivity index (χ4n) is 5.71. The first-order chi connectivity index (χ1) is 17.5. The van der Waals surface area contributed by atoms with Crippen LogP contribution in [0.1, 0.15) is 41.8 Å². The van der Waals surface area contributed by atoms with E-state index in [1.807, 2.05) is 18.2 Å². The van der Waals surface area contributed by atoms with Gasteiger partial charge in [-0.05, 0) is 49.2 Å². The Kier molecular flexibility index (Phi) is 6.44. The highest BCUT2D eigenvalue weighted by atomic mass is 19.4. The number of oxazole rings is 1. The van der Waals surface area contributed by atoms with Crippen LogP contribution in [0.15, 0.2) is 51.9 Å². The van der Waals surface area contributed by atoms with E-state index in [1.54, 1.807) is 14.2 Å². The van der Waals surface area contributed by atoms with Crippen molar-refractivity contribution in [1.82, 2.24) is 19.4 Å². The Morgan fingerprint density at radius 1 is 1.30 bits per heavy atom. The first-order valence-corrected chi connectivity index (χ1v) is 12.3. The molecule has 0 amide bonds. The van der Waals surface area contributed by atoms with Crippen LogP contribution in [-0.4, -0.2) is 52.7 Å². The van der Waals surface area contributed by atoms with E-state index in [0.717, 1.165) is 35.9 Å². The SMILES string of the molecule is C=C(N1CCc2ncc(C(F)(F)F)cc2C1)C1(COC)CCN(C(C)c2ccc3oc(=O)n(C)c3c2)C1. The van der Waals surface area contributed by atoms with Gasteiger partial charge in [-0.3, -0.25) is 14.5 Å². The first-order valence-electron chi connectivity index (χ1n) is 12.3. The number of rotatable bonds is 6. The summed E-state index contributed by atoms with van der Waals surface area (Å²) in [6.07, 6.45) is -2.11. The van der Waals surface area contributed by atoms with Gasteiger partial charge >= 0.3 is 11.9 Å². The van der Waals surface area contributed by atoms with Crippen molar-refractivity contribution < 1.29 is 22.3 Å². The molecule has 1 aromatic carbocycles. The van der Waals surface area contributed by atoms with E-state index in [4.69, 9.17) is 9.15 Å². The molecule has 0 bridgehead atoms. The lowest BCUT2D eigenvalue weighted by Crippen LogP contribution is -2.42.